The third kappa shape index (κ3) is 4.39. The van der Waals surface area contributed by atoms with E-state index < -0.39 is 0 Å². The molecule has 0 aliphatic carbocycles. The van der Waals surface area contributed by atoms with Gasteiger partial charge in [-0.2, -0.15) is 0 Å². The number of carbonyl (C=O) groups excluding carboxylic acids is 1. The Bertz CT molecular complexity index is 584. The molecule has 4 heteroatoms. The summed E-state index contributed by atoms with van der Waals surface area (Å²) in [5, 5.41) is 0. The average Bonchev–Trinajstić information content (AvgIpc) is 2.54. The maximum atomic E-state index is 11.7. The molecule has 0 fully saturated rings. The third-order valence-corrected chi connectivity index (χ3v) is 3.34. The molecule has 1 aromatic heterocycles. The lowest BCUT2D eigenvalue weighted by Crippen LogP contribution is -2.22. The predicted octanol–water partition coefficient (Wildman–Crippen LogP) is 2.54. The van der Waals surface area contributed by atoms with E-state index in [4.69, 9.17) is 4.74 Å². The van der Waals surface area contributed by atoms with Crippen LogP contribution in [0.1, 0.15) is 21.6 Å². The summed E-state index contributed by atoms with van der Waals surface area (Å²) in [6.45, 7) is 1.59. The summed E-state index contributed by atoms with van der Waals surface area (Å²) >= 11 is 0. The first-order chi connectivity index (χ1) is 10.2. The molecule has 1 aromatic carbocycles. The molecule has 21 heavy (non-hydrogen) atoms. The van der Waals surface area contributed by atoms with Crippen LogP contribution in [-0.4, -0.2) is 36.6 Å². The molecule has 0 aliphatic heterocycles. The van der Waals surface area contributed by atoms with E-state index in [2.05, 4.69) is 9.88 Å². The van der Waals surface area contributed by atoms with Crippen LogP contribution < -0.4 is 0 Å². The second kappa shape index (κ2) is 7.55. The molecule has 0 N–H and O–H groups in total. The Kier molecular flexibility index (Phi) is 5.46. The number of hydrogen-bond acceptors (Lipinski definition) is 4. The van der Waals surface area contributed by atoms with Gasteiger partial charge in [-0.15, -0.1) is 0 Å². The number of benzene rings is 1. The summed E-state index contributed by atoms with van der Waals surface area (Å²) < 4.78 is 4.82. The Morgan fingerprint density at radius 1 is 1.19 bits per heavy atom. The SMILES string of the molecule is COC(=O)c1ccccc1CN(C)CCc1ccccn1. The fourth-order valence-electron chi connectivity index (χ4n) is 2.19. The molecule has 1 heterocycles. The minimum absolute atomic E-state index is 0.288. The van der Waals surface area contributed by atoms with Gasteiger partial charge < -0.3 is 9.64 Å². The standard InChI is InChI=1S/C17H20N2O2/c1-19(12-10-15-8-5-6-11-18-15)13-14-7-3-4-9-16(14)17(20)21-2/h3-9,11H,10,12-13H2,1-2H3. The van der Waals surface area contributed by atoms with E-state index in [0.29, 0.717) is 12.1 Å². The summed E-state index contributed by atoms with van der Waals surface area (Å²) in [4.78, 5) is 18.2. The number of esters is 1. The van der Waals surface area contributed by atoms with Crippen molar-refractivity contribution in [2.45, 2.75) is 13.0 Å². The summed E-state index contributed by atoms with van der Waals surface area (Å²) in [6.07, 6.45) is 2.69. The molecular formula is C17H20N2O2. The van der Waals surface area contributed by atoms with Crippen LogP contribution in [-0.2, 0) is 17.7 Å². The van der Waals surface area contributed by atoms with E-state index in [1.807, 2.05) is 49.6 Å². The minimum atomic E-state index is -0.288. The monoisotopic (exact) mass is 284 g/mol. The van der Waals surface area contributed by atoms with Gasteiger partial charge in [0.05, 0.1) is 12.7 Å². The minimum Gasteiger partial charge on any atom is -0.465 e. The molecule has 0 unspecified atom stereocenters. The molecule has 2 aromatic rings. The topological polar surface area (TPSA) is 42.4 Å². The van der Waals surface area contributed by atoms with Gasteiger partial charge in [-0.1, -0.05) is 24.3 Å². The Hall–Kier alpha value is -2.20. The van der Waals surface area contributed by atoms with Crippen molar-refractivity contribution in [2.24, 2.45) is 0 Å². The van der Waals surface area contributed by atoms with E-state index in [1.54, 1.807) is 6.07 Å². The number of carbonyl (C=O) groups is 1. The Morgan fingerprint density at radius 3 is 2.67 bits per heavy atom. The first-order valence-electron chi connectivity index (χ1n) is 6.95. The van der Waals surface area contributed by atoms with Gasteiger partial charge in [0.1, 0.15) is 0 Å². The highest BCUT2D eigenvalue weighted by Crippen LogP contribution is 2.12. The normalized spacial score (nSPS) is 10.6. The van der Waals surface area contributed by atoms with Gasteiger partial charge in [-0.05, 0) is 30.8 Å². The second-order valence-electron chi connectivity index (χ2n) is 4.96. The molecule has 0 radical (unpaired) electrons. The van der Waals surface area contributed by atoms with Crippen molar-refractivity contribution >= 4 is 5.97 Å². The van der Waals surface area contributed by atoms with Crippen molar-refractivity contribution in [2.75, 3.05) is 20.7 Å². The van der Waals surface area contributed by atoms with Gasteiger partial charge in [-0.3, -0.25) is 4.98 Å². The molecule has 0 atom stereocenters. The first-order valence-corrected chi connectivity index (χ1v) is 6.95. The van der Waals surface area contributed by atoms with Crippen LogP contribution in [0.2, 0.25) is 0 Å². The zero-order valence-corrected chi connectivity index (χ0v) is 12.5. The number of rotatable bonds is 6. The van der Waals surface area contributed by atoms with E-state index >= 15 is 0 Å². The van der Waals surface area contributed by atoms with Crippen molar-refractivity contribution in [1.29, 1.82) is 0 Å². The fourth-order valence-corrected chi connectivity index (χ4v) is 2.19. The van der Waals surface area contributed by atoms with Gasteiger partial charge in [0.25, 0.3) is 0 Å². The molecule has 0 saturated carbocycles. The molecule has 110 valence electrons. The number of methoxy groups -OCH3 is 1. The highest BCUT2D eigenvalue weighted by Gasteiger charge is 2.12. The van der Waals surface area contributed by atoms with Crippen molar-refractivity contribution in [3.8, 4) is 0 Å². The summed E-state index contributed by atoms with van der Waals surface area (Å²) in [5.74, 6) is -0.288. The lowest BCUT2D eigenvalue weighted by atomic mass is 10.1. The third-order valence-electron chi connectivity index (χ3n) is 3.34. The summed E-state index contributed by atoms with van der Waals surface area (Å²) in [6, 6.07) is 13.5. The van der Waals surface area contributed by atoms with Crippen LogP contribution in [0.5, 0.6) is 0 Å². The maximum Gasteiger partial charge on any atom is 0.338 e. The molecule has 2 rings (SSSR count). The van der Waals surface area contributed by atoms with Crippen molar-refractivity contribution < 1.29 is 9.53 Å². The Balaban J connectivity index is 1.96. The van der Waals surface area contributed by atoms with E-state index in [-0.39, 0.29) is 5.97 Å². The lowest BCUT2D eigenvalue weighted by molar-refractivity contribution is 0.0598. The quantitative estimate of drug-likeness (QED) is 0.765. The molecule has 0 amide bonds. The number of ether oxygens (including phenoxy) is 1. The number of nitrogens with zero attached hydrogens (tertiary/aromatic N) is 2. The van der Waals surface area contributed by atoms with E-state index in [1.165, 1.54) is 7.11 Å². The Morgan fingerprint density at radius 2 is 1.95 bits per heavy atom. The predicted molar refractivity (Wildman–Crippen MR) is 82.1 cm³/mol. The van der Waals surface area contributed by atoms with Crippen LogP contribution >= 0.6 is 0 Å². The molecule has 0 spiro atoms. The van der Waals surface area contributed by atoms with E-state index in [0.717, 1.165) is 24.2 Å². The lowest BCUT2D eigenvalue weighted by Gasteiger charge is -2.18. The number of aromatic nitrogens is 1. The van der Waals surface area contributed by atoms with Gasteiger partial charge >= 0.3 is 5.97 Å². The van der Waals surface area contributed by atoms with Crippen LogP contribution in [0.25, 0.3) is 0 Å². The second-order valence-corrected chi connectivity index (χ2v) is 4.96. The number of pyridine rings is 1. The zero-order valence-electron chi connectivity index (χ0n) is 12.5. The Labute approximate surface area is 125 Å². The highest BCUT2D eigenvalue weighted by molar-refractivity contribution is 5.90. The molecule has 0 bridgehead atoms. The molecule has 0 saturated heterocycles. The largest absolute Gasteiger partial charge is 0.465 e. The highest BCUT2D eigenvalue weighted by atomic mass is 16.5. The van der Waals surface area contributed by atoms with Crippen LogP contribution in [0.4, 0.5) is 0 Å². The summed E-state index contributed by atoms with van der Waals surface area (Å²) in [7, 11) is 3.45. The van der Waals surface area contributed by atoms with Crippen LogP contribution in [0, 0.1) is 0 Å². The van der Waals surface area contributed by atoms with Crippen LogP contribution in [0.3, 0.4) is 0 Å². The van der Waals surface area contributed by atoms with Crippen molar-refractivity contribution in [3.63, 3.8) is 0 Å². The van der Waals surface area contributed by atoms with Crippen molar-refractivity contribution in [1.82, 2.24) is 9.88 Å². The van der Waals surface area contributed by atoms with Gasteiger partial charge in [0.2, 0.25) is 0 Å². The van der Waals surface area contributed by atoms with E-state index in [9.17, 15) is 4.79 Å². The van der Waals surface area contributed by atoms with Gasteiger partial charge in [0.15, 0.2) is 0 Å². The maximum absolute atomic E-state index is 11.7. The molecule has 4 nitrogen and oxygen atoms in total. The van der Waals surface area contributed by atoms with Gasteiger partial charge in [0, 0.05) is 31.4 Å². The zero-order chi connectivity index (χ0) is 15.1. The van der Waals surface area contributed by atoms with Crippen LogP contribution in [0.15, 0.2) is 48.7 Å². The number of hydrogen-bond donors (Lipinski definition) is 0. The fraction of sp³-hybridized carbons (Fsp3) is 0.294. The number of likely N-dealkylation sites (N-methyl/N-ethyl adjacent to an activating group) is 1. The van der Waals surface area contributed by atoms with Gasteiger partial charge in [-0.25, -0.2) is 4.79 Å². The average molecular weight is 284 g/mol. The first kappa shape index (κ1) is 15.2. The molecule has 0 aliphatic rings. The molecular weight excluding hydrogens is 264 g/mol. The summed E-state index contributed by atoms with van der Waals surface area (Å²) in [5.41, 5.74) is 2.68. The smallest absolute Gasteiger partial charge is 0.338 e. The van der Waals surface area contributed by atoms with Crippen molar-refractivity contribution in [3.05, 3.63) is 65.5 Å².